The van der Waals surface area contributed by atoms with Gasteiger partial charge >= 0.3 is 0 Å². The second-order valence-corrected chi connectivity index (χ2v) is 6.32. The molecule has 1 aromatic heterocycles. The van der Waals surface area contributed by atoms with Crippen LogP contribution in [0.4, 0.5) is 4.39 Å². The first kappa shape index (κ1) is 15.6. The van der Waals surface area contributed by atoms with Gasteiger partial charge < -0.3 is 9.84 Å². The van der Waals surface area contributed by atoms with Crippen LogP contribution in [0.25, 0.3) is 0 Å². The maximum atomic E-state index is 12.9. The molecule has 2 aromatic rings. The third kappa shape index (κ3) is 4.36. The Balaban J connectivity index is 2.02. The smallest absolute Gasteiger partial charge is 0.228 e. The summed E-state index contributed by atoms with van der Waals surface area (Å²) in [4.78, 5) is 4.42. The van der Waals surface area contributed by atoms with Crippen molar-refractivity contribution in [2.24, 2.45) is 5.41 Å². The highest BCUT2D eigenvalue weighted by Gasteiger charge is 2.25. The molecule has 1 atom stereocenters. The normalized spacial score (nSPS) is 13.4. The van der Waals surface area contributed by atoms with Crippen LogP contribution in [0.1, 0.15) is 38.0 Å². The molecule has 1 unspecified atom stereocenters. The van der Waals surface area contributed by atoms with E-state index in [1.165, 1.54) is 12.1 Å². The Morgan fingerprint density at radius 2 is 1.90 bits per heavy atom. The van der Waals surface area contributed by atoms with Crippen molar-refractivity contribution in [2.75, 3.05) is 7.05 Å². The second-order valence-electron chi connectivity index (χ2n) is 6.32. The van der Waals surface area contributed by atoms with Gasteiger partial charge in [-0.15, -0.1) is 0 Å². The highest BCUT2D eigenvalue weighted by atomic mass is 19.1. The molecule has 0 aliphatic carbocycles. The summed E-state index contributed by atoms with van der Waals surface area (Å²) in [5, 5.41) is 7.28. The van der Waals surface area contributed by atoms with E-state index in [0.717, 1.165) is 5.56 Å². The molecule has 0 bridgehead atoms. The van der Waals surface area contributed by atoms with Gasteiger partial charge in [0, 0.05) is 18.9 Å². The lowest BCUT2D eigenvalue weighted by Gasteiger charge is -2.29. The standard InChI is InChI=1S/C16H22FN3O/c1-16(2,3)13(18-4)10-15-19-14(20-21-15)9-11-5-7-12(17)8-6-11/h5-8,13,18H,9-10H2,1-4H3. The molecule has 1 heterocycles. The average molecular weight is 291 g/mol. The second kappa shape index (κ2) is 6.35. The molecule has 0 amide bonds. The number of nitrogens with one attached hydrogen (secondary N) is 1. The molecule has 5 heteroatoms. The SMILES string of the molecule is CNC(Cc1nc(Cc2ccc(F)cc2)no1)C(C)(C)C. The zero-order valence-electron chi connectivity index (χ0n) is 13.0. The molecule has 1 N–H and O–H groups in total. The number of aromatic nitrogens is 2. The molecular weight excluding hydrogens is 269 g/mol. The van der Waals surface area contributed by atoms with Crippen molar-refractivity contribution in [1.29, 1.82) is 0 Å². The summed E-state index contributed by atoms with van der Waals surface area (Å²) in [6, 6.07) is 6.60. The molecule has 0 saturated carbocycles. The number of likely N-dealkylation sites (N-methyl/N-ethyl adjacent to an activating group) is 1. The Morgan fingerprint density at radius 3 is 2.48 bits per heavy atom. The van der Waals surface area contributed by atoms with Gasteiger partial charge in [0.05, 0.1) is 0 Å². The minimum Gasteiger partial charge on any atom is -0.339 e. The maximum Gasteiger partial charge on any atom is 0.228 e. The van der Waals surface area contributed by atoms with Gasteiger partial charge in [0.1, 0.15) is 5.82 Å². The predicted octanol–water partition coefficient (Wildman–Crippen LogP) is 2.98. The van der Waals surface area contributed by atoms with E-state index < -0.39 is 0 Å². The van der Waals surface area contributed by atoms with Crippen LogP contribution in [0.3, 0.4) is 0 Å². The lowest BCUT2D eigenvalue weighted by atomic mass is 9.85. The van der Waals surface area contributed by atoms with Crippen LogP contribution in [0.5, 0.6) is 0 Å². The predicted molar refractivity (Wildman–Crippen MR) is 79.5 cm³/mol. The largest absolute Gasteiger partial charge is 0.339 e. The van der Waals surface area contributed by atoms with Crippen LogP contribution in [0, 0.1) is 11.2 Å². The van der Waals surface area contributed by atoms with Crippen LogP contribution < -0.4 is 5.32 Å². The summed E-state index contributed by atoms with van der Waals surface area (Å²) in [5.74, 6) is 1.01. The van der Waals surface area contributed by atoms with Crippen LogP contribution in [0.15, 0.2) is 28.8 Å². The van der Waals surface area contributed by atoms with Gasteiger partial charge in [0.2, 0.25) is 5.89 Å². The van der Waals surface area contributed by atoms with Crippen molar-refractivity contribution in [2.45, 2.75) is 39.7 Å². The molecule has 4 nitrogen and oxygen atoms in total. The molecule has 0 saturated heterocycles. The number of halogens is 1. The number of hydrogen-bond acceptors (Lipinski definition) is 4. The van der Waals surface area contributed by atoms with E-state index in [4.69, 9.17) is 4.52 Å². The zero-order valence-corrected chi connectivity index (χ0v) is 13.0. The molecule has 0 aliphatic rings. The molecule has 0 fully saturated rings. The Bertz CT molecular complexity index is 572. The van der Waals surface area contributed by atoms with Crippen LogP contribution >= 0.6 is 0 Å². The number of benzene rings is 1. The number of rotatable bonds is 5. The van der Waals surface area contributed by atoms with E-state index in [9.17, 15) is 4.39 Å². The van der Waals surface area contributed by atoms with E-state index in [2.05, 4.69) is 36.2 Å². The van der Waals surface area contributed by atoms with Crippen molar-refractivity contribution in [3.63, 3.8) is 0 Å². The first-order chi connectivity index (χ1) is 9.88. The van der Waals surface area contributed by atoms with Crippen molar-refractivity contribution in [3.8, 4) is 0 Å². The summed E-state index contributed by atoms with van der Waals surface area (Å²) in [6.07, 6.45) is 1.24. The van der Waals surface area contributed by atoms with Crippen LogP contribution in [0.2, 0.25) is 0 Å². The zero-order chi connectivity index (χ0) is 15.5. The molecule has 0 radical (unpaired) electrons. The van der Waals surface area contributed by atoms with E-state index in [1.807, 2.05) is 7.05 Å². The molecule has 1 aromatic carbocycles. The topological polar surface area (TPSA) is 51.0 Å². The average Bonchev–Trinajstić information content (AvgIpc) is 2.85. The van der Waals surface area contributed by atoms with Gasteiger partial charge in [-0.2, -0.15) is 4.98 Å². The summed E-state index contributed by atoms with van der Waals surface area (Å²) in [7, 11) is 1.94. The highest BCUT2D eigenvalue weighted by Crippen LogP contribution is 2.22. The van der Waals surface area contributed by atoms with Crippen molar-refractivity contribution in [1.82, 2.24) is 15.5 Å². The summed E-state index contributed by atoms with van der Waals surface area (Å²) in [5.41, 5.74) is 1.07. The summed E-state index contributed by atoms with van der Waals surface area (Å²) < 4.78 is 18.2. The van der Waals surface area contributed by atoms with Crippen LogP contribution in [-0.2, 0) is 12.8 Å². The van der Waals surface area contributed by atoms with Gasteiger partial charge in [0.25, 0.3) is 0 Å². The van der Waals surface area contributed by atoms with E-state index in [1.54, 1.807) is 12.1 Å². The fourth-order valence-electron chi connectivity index (χ4n) is 2.25. The molecular formula is C16H22FN3O. The lowest BCUT2D eigenvalue weighted by molar-refractivity contribution is 0.255. The van der Waals surface area contributed by atoms with E-state index in [-0.39, 0.29) is 17.3 Å². The van der Waals surface area contributed by atoms with Gasteiger partial charge in [-0.1, -0.05) is 38.1 Å². The monoisotopic (exact) mass is 291 g/mol. The minimum atomic E-state index is -0.241. The fourth-order valence-corrected chi connectivity index (χ4v) is 2.25. The first-order valence-corrected chi connectivity index (χ1v) is 7.11. The highest BCUT2D eigenvalue weighted by molar-refractivity contribution is 5.19. The van der Waals surface area contributed by atoms with Crippen molar-refractivity contribution < 1.29 is 8.91 Å². The van der Waals surface area contributed by atoms with Gasteiger partial charge in [0.15, 0.2) is 5.82 Å². The third-order valence-electron chi connectivity index (χ3n) is 3.56. The minimum absolute atomic E-state index is 0.111. The Kier molecular flexibility index (Phi) is 4.73. The van der Waals surface area contributed by atoms with E-state index >= 15 is 0 Å². The van der Waals surface area contributed by atoms with E-state index in [0.29, 0.717) is 24.6 Å². The molecule has 21 heavy (non-hydrogen) atoms. The third-order valence-corrected chi connectivity index (χ3v) is 3.56. The maximum absolute atomic E-state index is 12.9. The fraction of sp³-hybridized carbons (Fsp3) is 0.500. The van der Waals surface area contributed by atoms with Gasteiger partial charge in [-0.05, 0) is 30.2 Å². The van der Waals surface area contributed by atoms with Crippen molar-refractivity contribution >= 4 is 0 Å². The van der Waals surface area contributed by atoms with Crippen molar-refractivity contribution in [3.05, 3.63) is 47.4 Å². The Labute approximate surface area is 124 Å². The molecule has 2 rings (SSSR count). The van der Waals surface area contributed by atoms with Gasteiger partial charge in [-0.25, -0.2) is 4.39 Å². The lowest BCUT2D eigenvalue weighted by Crippen LogP contribution is -2.39. The summed E-state index contributed by atoms with van der Waals surface area (Å²) in [6.45, 7) is 6.51. The molecule has 114 valence electrons. The Morgan fingerprint density at radius 1 is 1.24 bits per heavy atom. The molecule has 0 spiro atoms. The van der Waals surface area contributed by atoms with Crippen LogP contribution in [-0.4, -0.2) is 23.2 Å². The number of hydrogen-bond donors (Lipinski definition) is 1. The van der Waals surface area contributed by atoms with Gasteiger partial charge in [-0.3, -0.25) is 0 Å². The molecule has 0 aliphatic heterocycles. The summed E-state index contributed by atoms with van der Waals surface area (Å²) >= 11 is 0. The first-order valence-electron chi connectivity index (χ1n) is 7.11. The Hall–Kier alpha value is -1.75. The quantitative estimate of drug-likeness (QED) is 0.920. The number of nitrogens with zero attached hydrogens (tertiary/aromatic N) is 2.